The molecule has 1 aliphatic heterocycles. The van der Waals surface area contributed by atoms with E-state index in [4.69, 9.17) is 0 Å². The zero-order valence-corrected chi connectivity index (χ0v) is 14.9. The number of nitrogens with zero attached hydrogens (tertiary/aromatic N) is 3. The summed E-state index contributed by atoms with van der Waals surface area (Å²) in [6.07, 6.45) is 2.98. The summed E-state index contributed by atoms with van der Waals surface area (Å²) >= 11 is 1.63. The van der Waals surface area contributed by atoms with E-state index < -0.39 is 0 Å². The van der Waals surface area contributed by atoms with Crippen LogP contribution < -0.4 is 5.32 Å². The van der Waals surface area contributed by atoms with Crippen molar-refractivity contribution in [3.63, 3.8) is 0 Å². The molecule has 1 aliphatic rings. The van der Waals surface area contributed by atoms with Gasteiger partial charge in [-0.3, -0.25) is 4.79 Å². The first kappa shape index (κ1) is 17.4. The zero-order chi connectivity index (χ0) is 16.1. The molecular formula is C16H28N4OS. The van der Waals surface area contributed by atoms with Crippen molar-refractivity contribution in [1.82, 2.24) is 20.1 Å². The van der Waals surface area contributed by atoms with Crippen molar-refractivity contribution in [3.8, 4) is 0 Å². The quantitative estimate of drug-likeness (QED) is 0.894. The highest BCUT2D eigenvalue weighted by Crippen LogP contribution is 2.19. The highest BCUT2D eigenvalue weighted by molar-refractivity contribution is 7.09. The normalized spacial score (nSPS) is 23.5. The summed E-state index contributed by atoms with van der Waals surface area (Å²) in [7, 11) is 6.34. The second-order valence-corrected chi connectivity index (χ2v) is 7.36. The van der Waals surface area contributed by atoms with E-state index in [1.807, 2.05) is 0 Å². The van der Waals surface area contributed by atoms with Gasteiger partial charge in [0.2, 0.25) is 5.91 Å². The number of aryl methyl sites for hydroxylation is 1. The van der Waals surface area contributed by atoms with Gasteiger partial charge >= 0.3 is 0 Å². The van der Waals surface area contributed by atoms with Gasteiger partial charge in [-0.1, -0.05) is 6.92 Å². The number of amides is 1. The monoisotopic (exact) mass is 324 g/mol. The van der Waals surface area contributed by atoms with E-state index in [0.717, 1.165) is 43.1 Å². The molecule has 2 atom stereocenters. The van der Waals surface area contributed by atoms with Crippen LogP contribution in [-0.4, -0.2) is 61.0 Å². The number of hydrogen-bond acceptors (Lipinski definition) is 5. The molecule has 2 heterocycles. The average molecular weight is 324 g/mol. The van der Waals surface area contributed by atoms with Gasteiger partial charge in [-0.25, -0.2) is 4.98 Å². The summed E-state index contributed by atoms with van der Waals surface area (Å²) in [5.74, 6) is 0.250. The molecule has 0 radical (unpaired) electrons. The van der Waals surface area contributed by atoms with Crippen LogP contribution in [0.15, 0.2) is 5.38 Å². The van der Waals surface area contributed by atoms with E-state index in [1.54, 1.807) is 11.3 Å². The number of nitrogens with one attached hydrogen (secondary N) is 1. The standard InChI is InChI=1S/C16H28N4OS/c1-5-13-11-22-15(18-13)8-17-16(21)12-6-7-14(19(2)3)10-20(4)9-12/h11-12,14H,5-10H2,1-4H3,(H,17,21)/t12-,14+/m1/s1. The second-order valence-electron chi connectivity index (χ2n) is 6.42. The Hall–Kier alpha value is -0.980. The largest absolute Gasteiger partial charge is 0.349 e. The van der Waals surface area contributed by atoms with E-state index in [1.165, 1.54) is 0 Å². The van der Waals surface area contributed by atoms with Crippen LogP contribution in [0.5, 0.6) is 0 Å². The molecule has 0 saturated carbocycles. The minimum Gasteiger partial charge on any atom is -0.349 e. The number of rotatable bonds is 5. The smallest absolute Gasteiger partial charge is 0.224 e. The van der Waals surface area contributed by atoms with Crippen LogP contribution in [0.1, 0.15) is 30.5 Å². The first-order valence-corrected chi connectivity index (χ1v) is 8.93. The molecule has 1 saturated heterocycles. The zero-order valence-electron chi connectivity index (χ0n) is 14.1. The van der Waals surface area contributed by atoms with Crippen LogP contribution in [0.25, 0.3) is 0 Å². The maximum Gasteiger partial charge on any atom is 0.224 e. The summed E-state index contributed by atoms with van der Waals surface area (Å²) < 4.78 is 0. The Balaban J connectivity index is 1.86. The van der Waals surface area contributed by atoms with E-state index >= 15 is 0 Å². The van der Waals surface area contributed by atoms with Crippen LogP contribution in [0.3, 0.4) is 0 Å². The van der Waals surface area contributed by atoms with Gasteiger partial charge in [-0.15, -0.1) is 11.3 Å². The minimum absolute atomic E-state index is 0.0838. The number of thiazole rings is 1. The maximum atomic E-state index is 12.4. The van der Waals surface area contributed by atoms with Crippen molar-refractivity contribution >= 4 is 17.2 Å². The first-order chi connectivity index (χ1) is 10.5. The Labute approximate surface area is 137 Å². The predicted octanol–water partition coefficient (Wildman–Crippen LogP) is 1.59. The van der Waals surface area contributed by atoms with Gasteiger partial charge in [0.1, 0.15) is 5.01 Å². The Morgan fingerprint density at radius 2 is 2.23 bits per heavy atom. The minimum atomic E-state index is 0.0838. The van der Waals surface area contributed by atoms with E-state index in [0.29, 0.717) is 12.6 Å². The summed E-state index contributed by atoms with van der Waals surface area (Å²) in [6.45, 7) is 4.53. The number of carbonyl (C=O) groups is 1. The molecular weight excluding hydrogens is 296 g/mol. The fraction of sp³-hybridized carbons (Fsp3) is 0.750. The lowest BCUT2D eigenvalue weighted by Gasteiger charge is -2.25. The van der Waals surface area contributed by atoms with Crippen molar-refractivity contribution in [1.29, 1.82) is 0 Å². The van der Waals surface area contributed by atoms with Gasteiger partial charge in [0, 0.05) is 24.5 Å². The van der Waals surface area contributed by atoms with Crippen molar-refractivity contribution in [2.75, 3.05) is 34.2 Å². The second kappa shape index (κ2) is 8.04. The fourth-order valence-electron chi connectivity index (χ4n) is 2.92. The van der Waals surface area contributed by atoms with Gasteiger partial charge < -0.3 is 15.1 Å². The molecule has 0 spiro atoms. The molecule has 0 bridgehead atoms. The molecule has 6 heteroatoms. The van der Waals surface area contributed by atoms with Crippen LogP contribution in [0.4, 0.5) is 0 Å². The highest BCUT2D eigenvalue weighted by atomic mass is 32.1. The van der Waals surface area contributed by atoms with E-state index in [2.05, 4.69) is 53.5 Å². The van der Waals surface area contributed by atoms with Gasteiger partial charge in [0.15, 0.2) is 0 Å². The van der Waals surface area contributed by atoms with Gasteiger partial charge in [-0.05, 0) is 40.4 Å². The molecule has 1 aromatic heterocycles. The van der Waals surface area contributed by atoms with Crippen molar-refractivity contribution < 1.29 is 4.79 Å². The number of aromatic nitrogens is 1. The Morgan fingerprint density at radius 3 is 2.86 bits per heavy atom. The number of likely N-dealkylation sites (tertiary alicyclic amines) is 1. The van der Waals surface area contributed by atoms with Crippen molar-refractivity contribution in [2.24, 2.45) is 5.92 Å². The molecule has 0 unspecified atom stereocenters. The topological polar surface area (TPSA) is 48.5 Å². The molecule has 1 N–H and O–H groups in total. The van der Waals surface area contributed by atoms with Gasteiger partial charge in [0.25, 0.3) is 0 Å². The molecule has 1 aromatic rings. The summed E-state index contributed by atoms with van der Waals surface area (Å²) in [5.41, 5.74) is 1.11. The maximum absolute atomic E-state index is 12.4. The van der Waals surface area contributed by atoms with Gasteiger partial charge in [-0.2, -0.15) is 0 Å². The molecule has 0 aromatic carbocycles. The summed E-state index contributed by atoms with van der Waals surface area (Å²) in [5, 5.41) is 6.14. The summed E-state index contributed by atoms with van der Waals surface area (Å²) in [4.78, 5) is 21.5. The molecule has 2 rings (SSSR count). The van der Waals surface area contributed by atoms with E-state index in [-0.39, 0.29) is 11.8 Å². The Bertz CT molecular complexity index is 488. The lowest BCUT2D eigenvalue weighted by Crippen LogP contribution is -2.39. The molecule has 0 aliphatic carbocycles. The van der Waals surface area contributed by atoms with Crippen LogP contribution in [-0.2, 0) is 17.8 Å². The fourth-order valence-corrected chi connectivity index (χ4v) is 3.74. The molecule has 1 fully saturated rings. The lowest BCUT2D eigenvalue weighted by molar-refractivity contribution is -0.125. The average Bonchev–Trinajstić information content (AvgIpc) is 2.85. The third-order valence-corrected chi connectivity index (χ3v) is 5.28. The third-order valence-electron chi connectivity index (χ3n) is 4.38. The van der Waals surface area contributed by atoms with Crippen LogP contribution in [0.2, 0.25) is 0 Å². The predicted molar refractivity (Wildman–Crippen MR) is 91.0 cm³/mol. The van der Waals surface area contributed by atoms with Crippen molar-refractivity contribution in [3.05, 3.63) is 16.1 Å². The molecule has 22 heavy (non-hydrogen) atoms. The molecule has 124 valence electrons. The van der Waals surface area contributed by atoms with E-state index in [9.17, 15) is 4.79 Å². The van der Waals surface area contributed by atoms with Gasteiger partial charge in [0.05, 0.1) is 18.2 Å². The van der Waals surface area contributed by atoms with Crippen LogP contribution >= 0.6 is 11.3 Å². The molecule has 5 nitrogen and oxygen atoms in total. The third kappa shape index (κ3) is 4.76. The van der Waals surface area contributed by atoms with Crippen LogP contribution in [0, 0.1) is 5.92 Å². The molecule has 1 amide bonds. The SMILES string of the molecule is CCc1csc(CNC(=O)[C@@H]2CC[C@H](N(C)C)CN(C)C2)n1. The number of hydrogen-bond donors (Lipinski definition) is 1. The highest BCUT2D eigenvalue weighted by Gasteiger charge is 2.27. The number of likely N-dealkylation sites (N-methyl/N-ethyl adjacent to an activating group) is 2. The Kier molecular flexibility index (Phi) is 6.35. The lowest BCUT2D eigenvalue weighted by atomic mass is 10.0. The summed E-state index contributed by atoms with van der Waals surface area (Å²) in [6, 6.07) is 0.536. The van der Waals surface area contributed by atoms with Crippen molar-refractivity contribution in [2.45, 2.75) is 38.8 Å². The Morgan fingerprint density at radius 1 is 1.45 bits per heavy atom. The first-order valence-electron chi connectivity index (χ1n) is 8.05. The number of carbonyl (C=O) groups excluding carboxylic acids is 1.